The zero-order chi connectivity index (χ0) is 13.7. The third-order valence-electron chi connectivity index (χ3n) is 3.13. The number of hydrogen-bond acceptors (Lipinski definition) is 6. The second-order valence-electron chi connectivity index (χ2n) is 4.59. The van der Waals surface area contributed by atoms with Crippen molar-refractivity contribution in [3.8, 4) is 0 Å². The summed E-state index contributed by atoms with van der Waals surface area (Å²) in [5, 5.41) is 3.32. The highest BCUT2D eigenvalue weighted by molar-refractivity contribution is 6.28. The van der Waals surface area contributed by atoms with Gasteiger partial charge in [0, 0.05) is 32.7 Å². The van der Waals surface area contributed by atoms with Gasteiger partial charge in [0.1, 0.15) is 0 Å². The summed E-state index contributed by atoms with van der Waals surface area (Å²) >= 11 is 5.94. The van der Waals surface area contributed by atoms with Crippen LogP contribution in [-0.4, -0.2) is 59.1 Å². The molecular formula is C12H21ClN6. The summed E-state index contributed by atoms with van der Waals surface area (Å²) < 4.78 is 0. The van der Waals surface area contributed by atoms with Crippen molar-refractivity contribution in [1.82, 2.24) is 19.9 Å². The summed E-state index contributed by atoms with van der Waals surface area (Å²) in [4.78, 5) is 17.3. The zero-order valence-corrected chi connectivity index (χ0v) is 12.3. The smallest absolute Gasteiger partial charge is 0.231 e. The van der Waals surface area contributed by atoms with Crippen molar-refractivity contribution in [2.45, 2.75) is 20.3 Å². The molecule has 0 aliphatic carbocycles. The van der Waals surface area contributed by atoms with Gasteiger partial charge in [-0.3, -0.25) is 4.90 Å². The Bertz CT molecular complexity index is 405. The minimum absolute atomic E-state index is 0.247. The lowest BCUT2D eigenvalue weighted by molar-refractivity contribution is 0.257. The molecule has 1 aliphatic heterocycles. The van der Waals surface area contributed by atoms with E-state index in [-0.39, 0.29) is 5.28 Å². The third-order valence-corrected chi connectivity index (χ3v) is 3.30. The van der Waals surface area contributed by atoms with Gasteiger partial charge in [-0.15, -0.1) is 0 Å². The predicted octanol–water partition coefficient (Wildman–Crippen LogP) is 1.49. The fourth-order valence-electron chi connectivity index (χ4n) is 2.21. The van der Waals surface area contributed by atoms with Gasteiger partial charge in [-0.05, 0) is 31.5 Å². The fraction of sp³-hybridized carbons (Fsp3) is 0.750. The minimum Gasteiger partial charge on any atom is -0.354 e. The molecule has 0 radical (unpaired) electrons. The molecule has 0 saturated carbocycles. The van der Waals surface area contributed by atoms with E-state index in [4.69, 9.17) is 11.6 Å². The molecule has 19 heavy (non-hydrogen) atoms. The van der Waals surface area contributed by atoms with Gasteiger partial charge in [0.15, 0.2) is 0 Å². The van der Waals surface area contributed by atoms with Crippen LogP contribution in [0.15, 0.2) is 0 Å². The Morgan fingerprint density at radius 2 is 1.84 bits per heavy atom. The minimum atomic E-state index is 0.247. The quantitative estimate of drug-likeness (QED) is 0.884. The average Bonchev–Trinajstić information content (AvgIpc) is 2.40. The topological polar surface area (TPSA) is 57.2 Å². The molecule has 0 atom stereocenters. The van der Waals surface area contributed by atoms with Crippen molar-refractivity contribution >= 4 is 23.5 Å². The van der Waals surface area contributed by atoms with Gasteiger partial charge in [0.2, 0.25) is 17.2 Å². The van der Waals surface area contributed by atoms with E-state index in [9.17, 15) is 0 Å². The lowest BCUT2D eigenvalue weighted by Gasteiger charge is -2.34. The van der Waals surface area contributed by atoms with E-state index in [1.54, 1.807) is 0 Å². The number of halogens is 1. The van der Waals surface area contributed by atoms with Crippen LogP contribution in [0, 0.1) is 0 Å². The molecule has 1 aromatic heterocycles. The van der Waals surface area contributed by atoms with E-state index >= 15 is 0 Å². The first kappa shape index (κ1) is 14.3. The molecule has 7 heteroatoms. The highest BCUT2D eigenvalue weighted by atomic mass is 35.5. The first-order valence-electron chi connectivity index (χ1n) is 6.85. The number of aromatic nitrogens is 3. The van der Waals surface area contributed by atoms with Crippen molar-refractivity contribution in [3.05, 3.63) is 5.28 Å². The van der Waals surface area contributed by atoms with E-state index < -0.39 is 0 Å². The Morgan fingerprint density at radius 3 is 2.47 bits per heavy atom. The van der Waals surface area contributed by atoms with Crippen molar-refractivity contribution in [2.75, 3.05) is 49.5 Å². The Labute approximate surface area is 119 Å². The fourth-order valence-corrected chi connectivity index (χ4v) is 2.36. The van der Waals surface area contributed by atoms with Crippen LogP contribution >= 0.6 is 11.6 Å². The first-order valence-corrected chi connectivity index (χ1v) is 7.23. The number of anilines is 2. The number of piperazine rings is 1. The SMILES string of the molecule is CCCN1CCN(c2nc(Cl)nc(NCC)n2)CC1. The van der Waals surface area contributed by atoms with Crippen LogP contribution in [0.2, 0.25) is 5.28 Å². The predicted molar refractivity (Wildman–Crippen MR) is 77.9 cm³/mol. The van der Waals surface area contributed by atoms with E-state index in [1.807, 2.05) is 6.92 Å². The van der Waals surface area contributed by atoms with Gasteiger partial charge in [-0.25, -0.2) is 0 Å². The van der Waals surface area contributed by atoms with Crippen molar-refractivity contribution in [2.24, 2.45) is 0 Å². The zero-order valence-electron chi connectivity index (χ0n) is 11.6. The highest BCUT2D eigenvalue weighted by Gasteiger charge is 2.19. The standard InChI is InChI=1S/C12H21ClN6/c1-3-5-18-6-8-19(9-7-18)12-16-10(13)15-11(17-12)14-4-2/h3-9H2,1-2H3,(H,14,15,16,17). The largest absolute Gasteiger partial charge is 0.354 e. The molecule has 6 nitrogen and oxygen atoms in total. The van der Waals surface area contributed by atoms with Crippen LogP contribution in [-0.2, 0) is 0 Å². The van der Waals surface area contributed by atoms with Crippen LogP contribution in [0.25, 0.3) is 0 Å². The molecule has 0 bridgehead atoms. The van der Waals surface area contributed by atoms with E-state index in [0.29, 0.717) is 11.9 Å². The van der Waals surface area contributed by atoms with Crippen LogP contribution in [0.5, 0.6) is 0 Å². The summed E-state index contributed by atoms with van der Waals surface area (Å²) in [6.45, 7) is 10.1. The summed E-state index contributed by atoms with van der Waals surface area (Å²) in [6.07, 6.45) is 1.20. The van der Waals surface area contributed by atoms with Gasteiger partial charge >= 0.3 is 0 Å². The van der Waals surface area contributed by atoms with Gasteiger partial charge in [-0.2, -0.15) is 15.0 Å². The van der Waals surface area contributed by atoms with E-state index in [1.165, 1.54) is 6.42 Å². The van der Waals surface area contributed by atoms with Gasteiger partial charge < -0.3 is 10.2 Å². The first-order chi connectivity index (χ1) is 9.22. The average molecular weight is 285 g/mol. The molecule has 2 heterocycles. The van der Waals surface area contributed by atoms with Crippen molar-refractivity contribution in [1.29, 1.82) is 0 Å². The molecule has 1 N–H and O–H groups in total. The molecule has 0 amide bonds. The molecule has 0 unspecified atom stereocenters. The molecule has 1 fully saturated rings. The molecule has 1 aliphatic rings. The van der Waals surface area contributed by atoms with Crippen molar-refractivity contribution in [3.63, 3.8) is 0 Å². The van der Waals surface area contributed by atoms with E-state index in [2.05, 4.69) is 37.0 Å². The Kier molecular flexibility index (Phi) is 5.15. The lowest BCUT2D eigenvalue weighted by atomic mass is 10.3. The summed E-state index contributed by atoms with van der Waals surface area (Å²) in [5.74, 6) is 1.22. The molecule has 2 rings (SSSR count). The Hall–Kier alpha value is -1.14. The molecule has 0 spiro atoms. The molecule has 0 aromatic carbocycles. The number of rotatable bonds is 5. The summed E-state index contributed by atoms with van der Waals surface area (Å²) in [6, 6.07) is 0. The van der Waals surface area contributed by atoms with Crippen LogP contribution < -0.4 is 10.2 Å². The Morgan fingerprint density at radius 1 is 1.11 bits per heavy atom. The monoisotopic (exact) mass is 284 g/mol. The van der Waals surface area contributed by atoms with Gasteiger partial charge in [-0.1, -0.05) is 6.92 Å². The van der Waals surface area contributed by atoms with Gasteiger partial charge in [0.05, 0.1) is 0 Å². The summed E-state index contributed by atoms with van der Waals surface area (Å²) in [7, 11) is 0. The lowest BCUT2D eigenvalue weighted by Crippen LogP contribution is -2.47. The maximum absolute atomic E-state index is 5.94. The number of nitrogens with zero attached hydrogens (tertiary/aromatic N) is 5. The molecular weight excluding hydrogens is 264 g/mol. The van der Waals surface area contributed by atoms with Crippen molar-refractivity contribution < 1.29 is 0 Å². The molecule has 106 valence electrons. The number of hydrogen-bond donors (Lipinski definition) is 1. The molecule has 1 aromatic rings. The highest BCUT2D eigenvalue weighted by Crippen LogP contribution is 2.15. The van der Waals surface area contributed by atoms with Crippen LogP contribution in [0.4, 0.5) is 11.9 Å². The second-order valence-corrected chi connectivity index (χ2v) is 4.93. The van der Waals surface area contributed by atoms with Crippen LogP contribution in [0.1, 0.15) is 20.3 Å². The number of nitrogens with one attached hydrogen (secondary N) is 1. The maximum atomic E-state index is 5.94. The summed E-state index contributed by atoms with van der Waals surface area (Å²) in [5.41, 5.74) is 0. The molecule has 1 saturated heterocycles. The van der Waals surface area contributed by atoms with Gasteiger partial charge in [0.25, 0.3) is 0 Å². The third kappa shape index (κ3) is 3.91. The second kappa shape index (κ2) is 6.86. The van der Waals surface area contributed by atoms with Crippen LogP contribution in [0.3, 0.4) is 0 Å². The maximum Gasteiger partial charge on any atom is 0.231 e. The van der Waals surface area contributed by atoms with E-state index in [0.717, 1.165) is 39.3 Å². The Balaban J connectivity index is 2.02. The normalized spacial score (nSPS) is 16.7.